The molecular weight excluding hydrogens is 501 g/mol. The van der Waals surface area contributed by atoms with Crippen molar-refractivity contribution in [2.45, 2.75) is 45.1 Å². The smallest absolute Gasteiger partial charge is 0.267 e. The predicted molar refractivity (Wildman–Crippen MR) is 139 cm³/mol. The van der Waals surface area contributed by atoms with Crippen LogP contribution in [0.5, 0.6) is 5.75 Å². The minimum atomic E-state index is -3.84. The Balaban J connectivity index is 1.99. The van der Waals surface area contributed by atoms with Crippen molar-refractivity contribution >= 4 is 27.5 Å². The average Bonchev–Trinajstić information content (AvgIpc) is 3.24. The van der Waals surface area contributed by atoms with Crippen LogP contribution in [0.25, 0.3) is 0 Å². The molecule has 0 atom stereocenters. The number of nitrogens with two attached hydrogens (primary N) is 1. The van der Waals surface area contributed by atoms with Crippen LogP contribution >= 0.6 is 0 Å². The number of sulfonamides is 1. The van der Waals surface area contributed by atoms with Gasteiger partial charge in [-0.25, -0.2) is 8.42 Å². The zero-order valence-corrected chi connectivity index (χ0v) is 22.4. The molecule has 0 unspecified atom stereocenters. The number of aromatic nitrogens is 1. The summed E-state index contributed by atoms with van der Waals surface area (Å²) in [6.07, 6.45) is 2.17. The molecule has 1 aromatic heterocycles. The molecule has 2 amide bonds. The van der Waals surface area contributed by atoms with Gasteiger partial charge in [-0.1, -0.05) is 6.92 Å². The van der Waals surface area contributed by atoms with E-state index >= 15 is 0 Å². The Bertz CT molecular complexity index is 1220. The molecular formula is C25H36FN5O5S. The number of primary amides is 1. The molecule has 1 aliphatic heterocycles. The first-order chi connectivity index (χ1) is 17.7. The number of likely N-dealkylation sites (N-methyl/N-ethyl adjacent to an activating group) is 1. The largest absolute Gasteiger partial charge is 0.493 e. The summed E-state index contributed by atoms with van der Waals surface area (Å²) in [5.41, 5.74) is 6.47. The summed E-state index contributed by atoms with van der Waals surface area (Å²) in [7, 11) is -3.84. The number of rotatable bonds is 12. The number of piperazine rings is 1. The summed E-state index contributed by atoms with van der Waals surface area (Å²) in [6.45, 7) is 8.54. The van der Waals surface area contributed by atoms with E-state index in [1.165, 1.54) is 22.5 Å². The zero-order chi connectivity index (χ0) is 27.2. The van der Waals surface area contributed by atoms with Crippen molar-refractivity contribution in [1.29, 1.82) is 0 Å². The van der Waals surface area contributed by atoms with Gasteiger partial charge in [-0.15, -0.1) is 0 Å². The molecule has 10 nitrogen and oxygen atoms in total. The number of nitrogens with one attached hydrogen (secondary N) is 1. The number of halogens is 1. The van der Waals surface area contributed by atoms with Crippen molar-refractivity contribution in [3.8, 4) is 5.75 Å². The standard InChI is InChI=1S/C25H36FN5O5S/c1-4-29-12-14-31(15-13-29)37(34,35)19-9-10-21(36-6-3)20(16-19)25(33)28-22-18(8-7-11-26)17-30(5-2)23(22)24(27)32/h9-10,16-17H,4-8,11-15H2,1-3H3,(H2,27,32)(H,28,33). The zero-order valence-electron chi connectivity index (χ0n) is 21.6. The third-order valence-corrected chi connectivity index (χ3v) is 8.36. The van der Waals surface area contributed by atoms with E-state index in [1.807, 2.05) is 13.8 Å². The molecule has 0 radical (unpaired) electrons. The van der Waals surface area contributed by atoms with Crippen molar-refractivity contribution in [3.05, 3.63) is 41.2 Å². The first-order valence-corrected chi connectivity index (χ1v) is 14.0. The number of anilines is 1. The molecule has 12 heteroatoms. The number of alkyl halides is 1. The van der Waals surface area contributed by atoms with E-state index in [2.05, 4.69) is 10.2 Å². The van der Waals surface area contributed by atoms with Gasteiger partial charge in [0, 0.05) is 38.9 Å². The van der Waals surface area contributed by atoms with E-state index in [0.29, 0.717) is 38.3 Å². The number of benzene rings is 1. The molecule has 3 N–H and O–H groups in total. The second kappa shape index (κ2) is 12.5. The first-order valence-electron chi connectivity index (χ1n) is 12.6. The van der Waals surface area contributed by atoms with Gasteiger partial charge >= 0.3 is 0 Å². The van der Waals surface area contributed by atoms with Gasteiger partial charge in [0.15, 0.2) is 0 Å². The average molecular weight is 538 g/mol. The fraction of sp³-hybridized carbons (Fsp3) is 0.520. The van der Waals surface area contributed by atoms with E-state index in [-0.39, 0.29) is 47.0 Å². The van der Waals surface area contributed by atoms with Crippen LogP contribution in [0.4, 0.5) is 10.1 Å². The maximum absolute atomic E-state index is 13.5. The number of ether oxygens (including phenoxy) is 1. The maximum Gasteiger partial charge on any atom is 0.267 e. The van der Waals surface area contributed by atoms with Gasteiger partial charge in [-0.3, -0.25) is 14.0 Å². The van der Waals surface area contributed by atoms with Gasteiger partial charge in [0.2, 0.25) is 10.0 Å². The molecule has 0 saturated carbocycles. The van der Waals surface area contributed by atoms with Crippen molar-refractivity contribution in [1.82, 2.24) is 13.8 Å². The topological polar surface area (TPSA) is 127 Å². The van der Waals surface area contributed by atoms with Crippen LogP contribution in [-0.2, 0) is 23.0 Å². The predicted octanol–water partition coefficient (Wildman–Crippen LogP) is 2.49. The summed E-state index contributed by atoms with van der Waals surface area (Å²) in [6, 6.07) is 4.19. The molecule has 0 bridgehead atoms. The van der Waals surface area contributed by atoms with Gasteiger partial charge in [0.25, 0.3) is 11.8 Å². The van der Waals surface area contributed by atoms with Gasteiger partial charge < -0.3 is 25.3 Å². The highest BCUT2D eigenvalue weighted by Crippen LogP contribution is 2.30. The summed E-state index contributed by atoms with van der Waals surface area (Å²) in [5, 5.41) is 2.73. The molecule has 1 fully saturated rings. The molecule has 204 valence electrons. The fourth-order valence-corrected chi connectivity index (χ4v) is 5.91. The van der Waals surface area contributed by atoms with Gasteiger partial charge in [-0.05, 0) is 57.0 Å². The quantitative estimate of drug-likeness (QED) is 0.428. The molecule has 1 aromatic carbocycles. The fourth-order valence-electron chi connectivity index (χ4n) is 4.46. The second-order valence-corrected chi connectivity index (χ2v) is 10.6. The van der Waals surface area contributed by atoms with Crippen LogP contribution in [-0.4, -0.2) is 80.0 Å². The highest BCUT2D eigenvalue weighted by molar-refractivity contribution is 7.89. The Morgan fingerprint density at radius 2 is 1.81 bits per heavy atom. The maximum atomic E-state index is 13.5. The van der Waals surface area contributed by atoms with E-state index in [1.54, 1.807) is 17.7 Å². The van der Waals surface area contributed by atoms with Crippen LogP contribution in [0.3, 0.4) is 0 Å². The highest BCUT2D eigenvalue weighted by atomic mass is 32.2. The number of carbonyl (C=O) groups excluding carboxylic acids is 2. The van der Waals surface area contributed by atoms with Gasteiger partial charge in [-0.2, -0.15) is 4.31 Å². The first kappa shape index (κ1) is 28.6. The van der Waals surface area contributed by atoms with Gasteiger partial charge in [0.1, 0.15) is 11.4 Å². The normalized spacial score (nSPS) is 15.0. The lowest BCUT2D eigenvalue weighted by molar-refractivity contribution is 0.0992. The molecule has 3 rings (SSSR count). The number of amides is 2. The van der Waals surface area contributed by atoms with E-state index in [9.17, 15) is 22.4 Å². The lowest BCUT2D eigenvalue weighted by Crippen LogP contribution is -2.48. The SMILES string of the molecule is CCOc1ccc(S(=O)(=O)N2CCN(CC)CC2)cc1C(=O)Nc1c(CCCF)cn(CC)c1C(N)=O. The minimum Gasteiger partial charge on any atom is -0.493 e. The van der Waals surface area contributed by atoms with Crippen LogP contribution in [0, 0.1) is 0 Å². The summed E-state index contributed by atoms with van der Waals surface area (Å²) >= 11 is 0. The third kappa shape index (κ3) is 6.31. The number of nitrogens with zero attached hydrogens (tertiary/aromatic N) is 3. The summed E-state index contributed by atoms with van der Waals surface area (Å²) in [5.74, 6) is -1.19. The molecule has 2 aromatic rings. The van der Waals surface area contributed by atoms with Crippen molar-refractivity contribution in [2.24, 2.45) is 5.73 Å². The van der Waals surface area contributed by atoms with Crippen molar-refractivity contribution in [3.63, 3.8) is 0 Å². The van der Waals surface area contributed by atoms with Crippen molar-refractivity contribution < 1.29 is 27.1 Å². The number of aryl methyl sites for hydroxylation is 2. The molecule has 1 saturated heterocycles. The Morgan fingerprint density at radius 3 is 2.38 bits per heavy atom. The number of carbonyl (C=O) groups is 2. The Labute approximate surface area is 217 Å². The second-order valence-electron chi connectivity index (χ2n) is 8.70. The Kier molecular flexibility index (Phi) is 9.68. The molecule has 2 heterocycles. The van der Waals surface area contributed by atoms with Crippen molar-refractivity contribution in [2.75, 3.05) is 51.3 Å². The van der Waals surface area contributed by atoms with Crippen LogP contribution in [0.1, 0.15) is 53.6 Å². The highest BCUT2D eigenvalue weighted by Gasteiger charge is 2.30. The lowest BCUT2D eigenvalue weighted by atomic mass is 10.1. The van der Waals surface area contributed by atoms with Crippen LogP contribution < -0.4 is 15.8 Å². The van der Waals surface area contributed by atoms with E-state index in [0.717, 1.165) is 6.54 Å². The Hall–Kier alpha value is -2.96. The number of hydrogen-bond donors (Lipinski definition) is 2. The number of hydrogen-bond acceptors (Lipinski definition) is 6. The molecule has 0 spiro atoms. The Morgan fingerprint density at radius 1 is 1.11 bits per heavy atom. The van der Waals surface area contributed by atoms with Crippen LogP contribution in [0.15, 0.2) is 29.3 Å². The lowest BCUT2D eigenvalue weighted by Gasteiger charge is -2.33. The monoisotopic (exact) mass is 537 g/mol. The van der Waals surface area contributed by atoms with Crippen LogP contribution in [0.2, 0.25) is 0 Å². The van der Waals surface area contributed by atoms with E-state index in [4.69, 9.17) is 10.5 Å². The van der Waals surface area contributed by atoms with E-state index < -0.39 is 28.5 Å². The molecule has 0 aliphatic carbocycles. The summed E-state index contributed by atoms with van der Waals surface area (Å²) < 4.78 is 48.3. The third-order valence-electron chi connectivity index (χ3n) is 6.46. The molecule has 37 heavy (non-hydrogen) atoms. The molecule has 1 aliphatic rings. The summed E-state index contributed by atoms with van der Waals surface area (Å²) in [4.78, 5) is 27.9. The minimum absolute atomic E-state index is 0.00577. The van der Waals surface area contributed by atoms with Gasteiger partial charge in [0.05, 0.1) is 29.4 Å².